The maximum Gasteiger partial charge on any atom is 0.265 e. The number of aryl methyl sites for hydroxylation is 2. The van der Waals surface area contributed by atoms with E-state index in [0.29, 0.717) is 27.9 Å². The number of nitrogens with one attached hydrogen (secondary N) is 1. The largest absolute Gasteiger partial charge is 0.481 e. The first-order valence-electron chi connectivity index (χ1n) is 7.40. The van der Waals surface area contributed by atoms with Gasteiger partial charge in [-0.25, -0.2) is 0 Å². The Morgan fingerprint density at radius 2 is 1.83 bits per heavy atom. The highest BCUT2D eigenvalue weighted by molar-refractivity contribution is 6.31. The van der Waals surface area contributed by atoms with Gasteiger partial charge in [0.25, 0.3) is 5.91 Å². The lowest BCUT2D eigenvalue weighted by Gasteiger charge is -2.18. The number of rotatable bonds is 5. The first-order valence-corrected chi connectivity index (χ1v) is 8.16. The molecule has 23 heavy (non-hydrogen) atoms. The Balaban J connectivity index is 2.08. The maximum atomic E-state index is 12.4. The second kappa shape index (κ2) is 7.71. The number of carbonyl (C=O) groups is 1. The molecule has 0 bridgehead atoms. The van der Waals surface area contributed by atoms with Crippen LogP contribution >= 0.6 is 23.2 Å². The minimum absolute atomic E-state index is 0.208. The monoisotopic (exact) mass is 351 g/mol. The molecule has 0 radical (unpaired) electrons. The summed E-state index contributed by atoms with van der Waals surface area (Å²) < 4.78 is 5.78. The zero-order valence-corrected chi connectivity index (χ0v) is 14.8. The molecule has 3 nitrogen and oxygen atoms in total. The van der Waals surface area contributed by atoms with Gasteiger partial charge in [0.2, 0.25) is 0 Å². The van der Waals surface area contributed by atoms with Crippen molar-refractivity contribution in [3.63, 3.8) is 0 Å². The van der Waals surface area contributed by atoms with Gasteiger partial charge in [0, 0.05) is 15.7 Å². The van der Waals surface area contributed by atoms with E-state index in [1.165, 1.54) is 0 Å². The molecule has 0 unspecified atom stereocenters. The summed E-state index contributed by atoms with van der Waals surface area (Å²) in [5, 5.41) is 4.12. The van der Waals surface area contributed by atoms with Crippen molar-refractivity contribution in [1.82, 2.24) is 0 Å². The second-order valence-corrected chi connectivity index (χ2v) is 6.19. The van der Waals surface area contributed by atoms with E-state index in [-0.39, 0.29) is 5.91 Å². The highest BCUT2D eigenvalue weighted by Gasteiger charge is 2.19. The predicted octanol–water partition coefficient (Wildman–Crippen LogP) is 5.41. The van der Waals surface area contributed by atoms with E-state index >= 15 is 0 Å². The first kappa shape index (κ1) is 17.6. The van der Waals surface area contributed by atoms with Crippen molar-refractivity contribution in [3.05, 3.63) is 57.6 Å². The molecule has 0 aliphatic carbocycles. The van der Waals surface area contributed by atoms with E-state index in [0.717, 1.165) is 11.1 Å². The number of carbonyl (C=O) groups excluding carboxylic acids is 1. The van der Waals surface area contributed by atoms with Gasteiger partial charge in [-0.05, 0) is 61.7 Å². The fourth-order valence-corrected chi connectivity index (χ4v) is 2.37. The van der Waals surface area contributed by atoms with Crippen molar-refractivity contribution < 1.29 is 9.53 Å². The van der Waals surface area contributed by atoms with Crippen molar-refractivity contribution >= 4 is 34.8 Å². The summed E-state index contributed by atoms with van der Waals surface area (Å²) >= 11 is 12.1. The van der Waals surface area contributed by atoms with Gasteiger partial charge in [0.15, 0.2) is 6.10 Å². The summed E-state index contributed by atoms with van der Waals surface area (Å²) in [5.41, 5.74) is 2.52. The molecule has 0 aromatic heterocycles. The Morgan fingerprint density at radius 3 is 2.43 bits per heavy atom. The zero-order valence-electron chi connectivity index (χ0n) is 13.3. The smallest absolute Gasteiger partial charge is 0.265 e. The van der Waals surface area contributed by atoms with Crippen LogP contribution in [-0.4, -0.2) is 12.0 Å². The van der Waals surface area contributed by atoms with Crippen LogP contribution in [0.4, 0.5) is 5.69 Å². The minimum atomic E-state index is -0.587. The molecule has 5 heteroatoms. The summed E-state index contributed by atoms with van der Waals surface area (Å²) in [5.74, 6) is 0.413. The molecular weight excluding hydrogens is 333 g/mol. The van der Waals surface area contributed by atoms with E-state index in [1.54, 1.807) is 18.2 Å². The quantitative estimate of drug-likeness (QED) is 0.782. The molecule has 2 aromatic rings. The van der Waals surface area contributed by atoms with Crippen LogP contribution in [0.3, 0.4) is 0 Å². The standard InChI is InChI=1S/C18H19Cl2NO2/c1-4-17(23-14-7-8-15(19)12(3)9-14)18(22)21-13-6-5-11(2)16(20)10-13/h5-10,17H,4H2,1-3H3,(H,21,22)/t17-/m1/s1. The normalized spacial score (nSPS) is 11.9. The fraction of sp³-hybridized carbons (Fsp3) is 0.278. The number of amides is 1. The Morgan fingerprint density at radius 1 is 1.09 bits per heavy atom. The Hall–Kier alpha value is -1.71. The van der Waals surface area contributed by atoms with Crippen molar-refractivity contribution in [2.45, 2.75) is 33.3 Å². The van der Waals surface area contributed by atoms with Crippen LogP contribution in [0.15, 0.2) is 36.4 Å². The molecule has 1 atom stereocenters. The van der Waals surface area contributed by atoms with Crippen LogP contribution < -0.4 is 10.1 Å². The lowest BCUT2D eigenvalue weighted by atomic mass is 10.2. The molecule has 1 amide bonds. The van der Waals surface area contributed by atoms with Crippen LogP contribution in [0.2, 0.25) is 10.0 Å². The van der Waals surface area contributed by atoms with Crippen LogP contribution in [0.25, 0.3) is 0 Å². The number of hydrogen-bond acceptors (Lipinski definition) is 2. The summed E-state index contributed by atoms with van der Waals surface area (Å²) in [6, 6.07) is 10.8. The van der Waals surface area contributed by atoms with Gasteiger partial charge in [-0.2, -0.15) is 0 Å². The fourth-order valence-electron chi connectivity index (χ4n) is 2.07. The third-order valence-corrected chi connectivity index (χ3v) is 4.34. The number of anilines is 1. The van der Waals surface area contributed by atoms with Gasteiger partial charge < -0.3 is 10.1 Å². The summed E-state index contributed by atoms with van der Waals surface area (Å²) in [7, 11) is 0. The van der Waals surface area contributed by atoms with Crippen molar-refractivity contribution in [3.8, 4) is 5.75 Å². The van der Waals surface area contributed by atoms with Crippen molar-refractivity contribution in [1.29, 1.82) is 0 Å². The molecule has 2 aromatic carbocycles. The Labute approximate surface area is 146 Å². The molecule has 0 heterocycles. The number of ether oxygens (including phenoxy) is 1. The average molecular weight is 352 g/mol. The molecule has 0 saturated carbocycles. The summed E-state index contributed by atoms with van der Waals surface area (Å²) in [4.78, 5) is 12.4. The number of hydrogen-bond donors (Lipinski definition) is 1. The number of halogens is 2. The van der Waals surface area contributed by atoms with E-state index in [1.807, 2.05) is 39.0 Å². The van der Waals surface area contributed by atoms with Gasteiger partial charge in [-0.15, -0.1) is 0 Å². The molecule has 2 rings (SSSR count). The average Bonchev–Trinajstić information content (AvgIpc) is 2.52. The Kier molecular flexibility index (Phi) is 5.91. The van der Waals surface area contributed by atoms with Gasteiger partial charge >= 0.3 is 0 Å². The number of benzene rings is 2. The SMILES string of the molecule is CC[C@@H](Oc1ccc(Cl)c(C)c1)C(=O)Nc1ccc(C)c(Cl)c1. The second-order valence-electron chi connectivity index (χ2n) is 5.38. The highest BCUT2D eigenvalue weighted by atomic mass is 35.5. The van der Waals surface area contributed by atoms with Crippen LogP contribution in [0.5, 0.6) is 5.75 Å². The van der Waals surface area contributed by atoms with E-state index in [9.17, 15) is 4.79 Å². The summed E-state index contributed by atoms with van der Waals surface area (Å²) in [6.07, 6.45) is -0.0386. The maximum absolute atomic E-state index is 12.4. The predicted molar refractivity (Wildman–Crippen MR) is 95.7 cm³/mol. The van der Waals surface area contributed by atoms with E-state index in [4.69, 9.17) is 27.9 Å². The molecule has 122 valence electrons. The van der Waals surface area contributed by atoms with Crippen LogP contribution in [0.1, 0.15) is 24.5 Å². The van der Waals surface area contributed by atoms with Gasteiger partial charge in [-0.3, -0.25) is 4.79 Å². The Bertz CT molecular complexity index is 716. The molecule has 0 fully saturated rings. The van der Waals surface area contributed by atoms with Crippen LogP contribution in [0, 0.1) is 13.8 Å². The molecule has 0 aliphatic heterocycles. The van der Waals surface area contributed by atoms with Crippen molar-refractivity contribution in [2.75, 3.05) is 5.32 Å². The van der Waals surface area contributed by atoms with E-state index < -0.39 is 6.10 Å². The topological polar surface area (TPSA) is 38.3 Å². The zero-order chi connectivity index (χ0) is 17.0. The first-order chi connectivity index (χ1) is 10.9. The van der Waals surface area contributed by atoms with E-state index in [2.05, 4.69) is 5.32 Å². The third-order valence-electron chi connectivity index (χ3n) is 3.51. The third kappa shape index (κ3) is 4.63. The van der Waals surface area contributed by atoms with Gasteiger partial charge in [0.1, 0.15) is 5.75 Å². The molecule has 1 N–H and O–H groups in total. The lowest BCUT2D eigenvalue weighted by Crippen LogP contribution is -2.32. The highest BCUT2D eigenvalue weighted by Crippen LogP contribution is 2.23. The lowest BCUT2D eigenvalue weighted by molar-refractivity contribution is -0.122. The molecule has 0 aliphatic rings. The summed E-state index contributed by atoms with van der Waals surface area (Å²) in [6.45, 7) is 5.70. The van der Waals surface area contributed by atoms with Gasteiger partial charge in [0.05, 0.1) is 0 Å². The van der Waals surface area contributed by atoms with Gasteiger partial charge in [-0.1, -0.05) is 36.2 Å². The molecular formula is C18H19Cl2NO2. The molecule has 0 spiro atoms. The minimum Gasteiger partial charge on any atom is -0.481 e. The molecule has 0 saturated heterocycles. The van der Waals surface area contributed by atoms with Crippen LogP contribution in [-0.2, 0) is 4.79 Å². The van der Waals surface area contributed by atoms with Crippen molar-refractivity contribution in [2.24, 2.45) is 0 Å².